The molecular weight excluding hydrogens is 589 g/mol. The highest BCUT2D eigenvalue weighted by atomic mass is 14.3. The summed E-state index contributed by atoms with van der Waals surface area (Å²) in [5, 5.41) is 7.85. The maximum absolute atomic E-state index is 2.44. The largest absolute Gasteiger partial charge is 0.0622 e. The van der Waals surface area contributed by atoms with Crippen LogP contribution in [0, 0.1) is 0 Å². The monoisotopic (exact) mass is 620 g/mol. The summed E-state index contributed by atoms with van der Waals surface area (Å²) in [5.41, 5.74) is 15.5. The van der Waals surface area contributed by atoms with Gasteiger partial charge in [0, 0.05) is 0 Å². The summed E-state index contributed by atoms with van der Waals surface area (Å²) < 4.78 is 0. The molecule has 0 aliphatic heterocycles. The zero-order valence-electron chi connectivity index (χ0n) is 27.0. The van der Waals surface area contributed by atoms with Crippen LogP contribution in [-0.2, 0) is 6.42 Å². The Balaban J connectivity index is 1.14. The first-order chi connectivity index (χ1) is 24.3. The Morgan fingerprint density at radius 3 is 1.45 bits per heavy atom. The van der Waals surface area contributed by atoms with Crippen LogP contribution in [0.15, 0.2) is 182 Å². The second-order valence-electron chi connectivity index (χ2n) is 13.3. The molecule has 0 atom stereocenters. The molecule has 0 nitrogen and oxygen atoms in total. The Morgan fingerprint density at radius 2 is 0.735 bits per heavy atom. The Kier molecular flexibility index (Phi) is 6.35. The fourth-order valence-electron chi connectivity index (χ4n) is 8.09. The molecule has 0 bridgehead atoms. The zero-order chi connectivity index (χ0) is 32.3. The van der Waals surface area contributed by atoms with E-state index in [1.165, 1.54) is 99.1 Å². The Morgan fingerprint density at radius 1 is 0.245 bits per heavy atom. The van der Waals surface area contributed by atoms with Crippen molar-refractivity contribution < 1.29 is 0 Å². The average molecular weight is 621 g/mol. The lowest BCUT2D eigenvalue weighted by molar-refractivity contribution is 1.26. The fourth-order valence-corrected chi connectivity index (χ4v) is 8.09. The van der Waals surface area contributed by atoms with Gasteiger partial charge in [0.2, 0.25) is 0 Å². The smallest absolute Gasteiger partial charge is 0.000728 e. The highest BCUT2D eigenvalue weighted by Gasteiger charge is 2.23. The second-order valence-corrected chi connectivity index (χ2v) is 13.3. The van der Waals surface area contributed by atoms with Crippen molar-refractivity contribution in [3.63, 3.8) is 0 Å². The number of hydrogen-bond donors (Lipinski definition) is 0. The summed E-state index contributed by atoms with van der Waals surface area (Å²) in [5.74, 6) is 0. The molecule has 49 heavy (non-hydrogen) atoms. The van der Waals surface area contributed by atoms with Gasteiger partial charge in [-0.2, -0.15) is 0 Å². The van der Waals surface area contributed by atoms with E-state index in [1.807, 2.05) is 0 Å². The van der Waals surface area contributed by atoms with Gasteiger partial charge in [-0.3, -0.25) is 0 Å². The molecule has 0 radical (unpaired) electrons. The van der Waals surface area contributed by atoms with Crippen molar-refractivity contribution in [1.29, 1.82) is 0 Å². The normalized spacial score (nSPS) is 12.0. The van der Waals surface area contributed by atoms with Gasteiger partial charge >= 0.3 is 0 Å². The predicted octanol–water partition coefficient (Wildman–Crippen LogP) is 13.4. The molecule has 0 aromatic heterocycles. The van der Waals surface area contributed by atoms with Gasteiger partial charge in [-0.1, -0.05) is 158 Å². The molecule has 0 saturated carbocycles. The number of rotatable bonds is 4. The first-order valence-electron chi connectivity index (χ1n) is 17.1. The first-order valence-corrected chi connectivity index (χ1v) is 17.1. The number of benzene rings is 9. The van der Waals surface area contributed by atoms with Gasteiger partial charge in [0.25, 0.3) is 0 Å². The van der Waals surface area contributed by atoms with Crippen LogP contribution in [0.5, 0.6) is 0 Å². The molecule has 0 unspecified atom stereocenters. The van der Waals surface area contributed by atoms with Gasteiger partial charge in [0.15, 0.2) is 0 Å². The van der Waals surface area contributed by atoms with Crippen molar-refractivity contribution >= 4 is 32.3 Å². The molecule has 0 heteroatoms. The molecule has 0 fully saturated rings. The molecule has 9 aromatic rings. The highest BCUT2D eigenvalue weighted by molar-refractivity contribution is 6.25. The Hall–Kier alpha value is -6.24. The van der Waals surface area contributed by atoms with Gasteiger partial charge in [0.1, 0.15) is 0 Å². The van der Waals surface area contributed by atoms with E-state index in [-0.39, 0.29) is 0 Å². The second kappa shape index (κ2) is 11.2. The predicted molar refractivity (Wildman–Crippen MR) is 209 cm³/mol. The van der Waals surface area contributed by atoms with Crippen molar-refractivity contribution in [3.8, 4) is 55.6 Å². The van der Waals surface area contributed by atoms with Crippen molar-refractivity contribution in [2.75, 3.05) is 0 Å². The van der Waals surface area contributed by atoms with Gasteiger partial charge in [-0.25, -0.2) is 0 Å². The van der Waals surface area contributed by atoms with E-state index in [2.05, 4.69) is 182 Å². The van der Waals surface area contributed by atoms with Crippen LogP contribution in [0.3, 0.4) is 0 Å². The lowest BCUT2D eigenvalue weighted by Gasteiger charge is -2.16. The first kappa shape index (κ1) is 27.8. The highest BCUT2D eigenvalue weighted by Crippen LogP contribution is 2.46. The standard InChI is InChI=1S/C49H32/c1-2-11-32(12-3-1)33-21-23-34(24-22-33)35-14-10-15-36(27-35)39-30-46(49-28-37-13-4-5-16-40(37)47(49)31-39)38-25-26-45-43-19-7-6-17-41(43)42-18-8-9-20-44(42)48(45)29-38/h1-27,29-31H,28H2. The Bertz CT molecular complexity index is 2680. The quantitative estimate of drug-likeness (QED) is 0.172. The van der Waals surface area contributed by atoms with Crippen LogP contribution in [0.1, 0.15) is 11.1 Å². The van der Waals surface area contributed by atoms with E-state index in [0.29, 0.717) is 0 Å². The third-order valence-electron chi connectivity index (χ3n) is 10.5. The van der Waals surface area contributed by atoms with E-state index in [9.17, 15) is 0 Å². The van der Waals surface area contributed by atoms with E-state index >= 15 is 0 Å². The van der Waals surface area contributed by atoms with Crippen LogP contribution in [0.4, 0.5) is 0 Å². The molecule has 228 valence electrons. The molecule has 10 rings (SSSR count). The van der Waals surface area contributed by atoms with Crippen molar-refractivity contribution in [3.05, 3.63) is 193 Å². The molecule has 0 heterocycles. The summed E-state index contributed by atoms with van der Waals surface area (Å²) in [6.07, 6.45) is 0.950. The maximum atomic E-state index is 2.44. The van der Waals surface area contributed by atoms with Crippen LogP contribution >= 0.6 is 0 Å². The average Bonchev–Trinajstić information content (AvgIpc) is 3.57. The molecule has 0 saturated heterocycles. The third-order valence-corrected chi connectivity index (χ3v) is 10.5. The summed E-state index contributed by atoms with van der Waals surface area (Å²) >= 11 is 0. The van der Waals surface area contributed by atoms with Gasteiger partial charge in [0.05, 0.1) is 0 Å². The van der Waals surface area contributed by atoms with Crippen LogP contribution in [0.2, 0.25) is 0 Å². The number of hydrogen-bond acceptors (Lipinski definition) is 0. The maximum Gasteiger partial charge on any atom is -0.000728 e. The summed E-state index contributed by atoms with van der Waals surface area (Å²) in [6.45, 7) is 0. The summed E-state index contributed by atoms with van der Waals surface area (Å²) in [6, 6.07) is 67.2. The van der Waals surface area contributed by atoms with Gasteiger partial charge in [-0.15, -0.1) is 0 Å². The van der Waals surface area contributed by atoms with Crippen molar-refractivity contribution in [2.45, 2.75) is 6.42 Å². The SMILES string of the molecule is c1ccc(-c2ccc(-c3cccc(-c4cc(-c5ccc6c7ccccc7c7ccccc7c6c5)c5c(c4)-c4ccccc4C5)c3)cc2)cc1. The van der Waals surface area contributed by atoms with Gasteiger partial charge < -0.3 is 0 Å². The number of fused-ring (bicyclic) bond motifs is 9. The molecule has 0 amide bonds. The molecule has 0 N–H and O–H groups in total. The van der Waals surface area contributed by atoms with Crippen LogP contribution < -0.4 is 0 Å². The minimum absolute atomic E-state index is 0.950. The molecule has 9 aromatic carbocycles. The van der Waals surface area contributed by atoms with E-state index in [4.69, 9.17) is 0 Å². The van der Waals surface area contributed by atoms with Gasteiger partial charge in [-0.05, 0) is 130 Å². The van der Waals surface area contributed by atoms with Crippen molar-refractivity contribution in [2.24, 2.45) is 0 Å². The minimum Gasteiger partial charge on any atom is -0.0622 e. The van der Waals surface area contributed by atoms with E-state index < -0.39 is 0 Å². The third kappa shape index (κ3) is 4.60. The molecule has 1 aliphatic carbocycles. The van der Waals surface area contributed by atoms with E-state index in [1.54, 1.807) is 0 Å². The lowest BCUT2D eigenvalue weighted by Crippen LogP contribution is -1.92. The topological polar surface area (TPSA) is 0 Å². The molecular formula is C49H32. The summed E-state index contributed by atoms with van der Waals surface area (Å²) in [4.78, 5) is 0. The fraction of sp³-hybridized carbons (Fsp3) is 0.0204. The zero-order valence-corrected chi connectivity index (χ0v) is 27.0. The molecule has 1 aliphatic rings. The van der Waals surface area contributed by atoms with Crippen molar-refractivity contribution in [1.82, 2.24) is 0 Å². The summed E-state index contributed by atoms with van der Waals surface area (Å²) in [7, 11) is 0. The lowest BCUT2D eigenvalue weighted by atomic mass is 9.88. The molecule has 0 spiro atoms. The van der Waals surface area contributed by atoms with Crippen LogP contribution in [0.25, 0.3) is 88.0 Å². The minimum atomic E-state index is 0.950. The Labute approximate surface area is 286 Å². The van der Waals surface area contributed by atoms with E-state index in [0.717, 1.165) is 6.42 Å². The van der Waals surface area contributed by atoms with Crippen LogP contribution in [-0.4, -0.2) is 0 Å².